The number of anilines is 2. The van der Waals surface area contributed by atoms with Gasteiger partial charge in [-0.25, -0.2) is 9.78 Å². The van der Waals surface area contributed by atoms with Crippen molar-refractivity contribution in [3.05, 3.63) is 75.1 Å². The highest BCUT2D eigenvalue weighted by atomic mass is 79.9. The van der Waals surface area contributed by atoms with E-state index in [1.165, 1.54) is 10.5 Å². The fourth-order valence-corrected chi connectivity index (χ4v) is 3.04. The quantitative estimate of drug-likeness (QED) is 0.502. The zero-order chi connectivity index (χ0) is 18.3. The highest BCUT2D eigenvalue weighted by Gasteiger charge is 2.14. The van der Waals surface area contributed by atoms with Gasteiger partial charge in [0.2, 0.25) is 5.78 Å². The maximum absolute atomic E-state index is 12.6. The molecule has 4 aromatic rings. The van der Waals surface area contributed by atoms with Crippen LogP contribution in [0.3, 0.4) is 0 Å². The molecule has 0 radical (unpaired) electrons. The topological polar surface area (TPSA) is 96.6 Å². The van der Waals surface area contributed by atoms with Crippen molar-refractivity contribution < 1.29 is 9.90 Å². The predicted molar refractivity (Wildman–Crippen MR) is 101 cm³/mol. The number of rotatable bonds is 3. The Kier molecular flexibility index (Phi) is 3.89. The SMILES string of the molecule is O=C(O)c1ccccc1Nc1nc2nc3ccccc3c(=O)n2cc1Br. The van der Waals surface area contributed by atoms with Gasteiger partial charge in [-0.15, -0.1) is 0 Å². The molecule has 0 saturated heterocycles. The van der Waals surface area contributed by atoms with Crippen LogP contribution in [0.4, 0.5) is 11.5 Å². The zero-order valence-electron chi connectivity index (χ0n) is 13.2. The van der Waals surface area contributed by atoms with Crippen molar-refractivity contribution in [1.29, 1.82) is 0 Å². The third-order valence-electron chi connectivity index (χ3n) is 3.88. The number of para-hydroxylation sites is 2. The Morgan fingerprint density at radius 3 is 2.62 bits per heavy atom. The van der Waals surface area contributed by atoms with Crippen molar-refractivity contribution >= 4 is 50.1 Å². The first-order valence-electron chi connectivity index (χ1n) is 7.61. The molecule has 0 aliphatic heterocycles. The molecule has 26 heavy (non-hydrogen) atoms. The van der Waals surface area contributed by atoms with Crippen LogP contribution in [0.15, 0.2) is 64.0 Å². The molecule has 2 heterocycles. The van der Waals surface area contributed by atoms with E-state index in [1.807, 2.05) is 0 Å². The van der Waals surface area contributed by atoms with Gasteiger partial charge in [0.1, 0.15) is 5.82 Å². The van der Waals surface area contributed by atoms with Crippen LogP contribution in [0.1, 0.15) is 10.4 Å². The van der Waals surface area contributed by atoms with Crippen molar-refractivity contribution in [3.63, 3.8) is 0 Å². The standard InChI is InChI=1S/C18H11BrN4O3/c19-12-9-23-16(24)10-5-1-3-7-13(10)21-18(23)22-15(12)20-14-8-4-2-6-11(14)17(25)26/h1-9H,(H,25,26)(H,20,21,22). The van der Waals surface area contributed by atoms with Gasteiger partial charge in [0.25, 0.3) is 5.56 Å². The van der Waals surface area contributed by atoms with E-state index in [1.54, 1.807) is 48.7 Å². The number of hydrogen-bond donors (Lipinski definition) is 2. The van der Waals surface area contributed by atoms with Gasteiger partial charge < -0.3 is 10.4 Å². The Hall–Kier alpha value is -3.26. The summed E-state index contributed by atoms with van der Waals surface area (Å²) in [6.45, 7) is 0. The number of carbonyl (C=O) groups is 1. The number of nitrogens with one attached hydrogen (secondary N) is 1. The van der Waals surface area contributed by atoms with Gasteiger partial charge in [-0.05, 0) is 40.2 Å². The maximum Gasteiger partial charge on any atom is 0.337 e. The summed E-state index contributed by atoms with van der Waals surface area (Å²) in [5.41, 5.74) is 0.825. The average Bonchev–Trinajstić information content (AvgIpc) is 2.64. The molecule has 0 unspecified atom stereocenters. The molecule has 0 amide bonds. The Balaban J connectivity index is 1.89. The lowest BCUT2D eigenvalue weighted by Crippen LogP contribution is -2.17. The van der Waals surface area contributed by atoms with Gasteiger partial charge in [-0.1, -0.05) is 24.3 Å². The number of halogens is 1. The molecule has 0 fully saturated rings. The van der Waals surface area contributed by atoms with Crippen molar-refractivity contribution in [3.8, 4) is 0 Å². The molecule has 2 N–H and O–H groups in total. The molecule has 2 aromatic carbocycles. The minimum atomic E-state index is -1.05. The van der Waals surface area contributed by atoms with E-state index in [0.29, 0.717) is 26.9 Å². The van der Waals surface area contributed by atoms with Crippen LogP contribution in [0.25, 0.3) is 16.7 Å². The number of carboxylic acid groups (broad SMARTS) is 1. The third kappa shape index (κ3) is 2.70. The summed E-state index contributed by atoms with van der Waals surface area (Å²) in [6, 6.07) is 13.5. The van der Waals surface area contributed by atoms with Gasteiger partial charge >= 0.3 is 5.97 Å². The summed E-state index contributed by atoms with van der Waals surface area (Å²) in [5, 5.41) is 12.8. The average molecular weight is 411 g/mol. The number of hydrogen-bond acceptors (Lipinski definition) is 5. The number of aromatic carboxylic acids is 1. The zero-order valence-corrected chi connectivity index (χ0v) is 14.8. The minimum absolute atomic E-state index is 0.116. The molecular weight excluding hydrogens is 400 g/mol. The van der Waals surface area contributed by atoms with Crippen LogP contribution in [-0.2, 0) is 0 Å². The largest absolute Gasteiger partial charge is 0.478 e. The van der Waals surface area contributed by atoms with Crippen molar-refractivity contribution in [2.75, 3.05) is 5.32 Å². The van der Waals surface area contributed by atoms with E-state index >= 15 is 0 Å². The van der Waals surface area contributed by atoms with Gasteiger partial charge in [-0.2, -0.15) is 4.98 Å². The Morgan fingerprint density at radius 2 is 1.81 bits per heavy atom. The third-order valence-corrected chi connectivity index (χ3v) is 4.46. The van der Waals surface area contributed by atoms with Crippen molar-refractivity contribution in [2.24, 2.45) is 0 Å². The highest BCUT2D eigenvalue weighted by molar-refractivity contribution is 9.10. The maximum atomic E-state index is 12.6. The summed E-state index contributed by atoms with van der Waals surface area (Å²) in [4.78, 5) is 32.8. The van der Waals surface area contributed by atoms with Crippen LogP contribution < -0.4 is 10.9 Å². The molecule has 0 saturated carbocycles. The normalized spacial score (nSPS) is 11.0. The number of benzene rings is 2. The van der Waals surface area contributed by atoms with E-state index in [9.17, 15) is 14.7 Å². The molecule has 0 atom stereocenters. The van der Waals surface area contributed by atoms with Gasteiger partial charge in [0.05, 0.1) is 26.6 Å². The first-order chi connectivity index (χ1) is 12.5. The van der Waals surface area contributed by atoms with Crippen molar-refractivity contribution in [1.82, 2.24) is 14.4 Å². The molecule has 0 aliphatic carbocycles. The van der Waals surface area contributed by atoms with Gasteiger partial charge in [0.15, 0.2) is 0 Å². The molecule has 0 bridgehead atoms. The second-order valence-electron chi connectivity index (χ2n) is 5.52. The highest BCUT2D eigenvalue weighted by Crippen LogP contribution is 2.26. The minimum Gasteiger partial charge on any atom is -0.478 e. The van der Waals surface area contributed by atoms with Gasteiger partial charge in [0, 0.05) is 6.20 Å². The van der Waals surface area contributed by atoms with Crippen LogP contribution in [0.5, 0.6) is 0 Å². The predicted octanol–water partition coefficient (Wildman–Crippen LogP) is 3.45. The Bertz CT molecular complexity index is 1240. The first-order valence-corrected chi connectivity index (χ1v) is 8.41. The summed E-state index contributed by atoms with van der Waals surface area (Å²) in [6.07, 6.45) is 1.57. The van der Waals surface area contributed by atoms with Crippen LogP contribution >= 0.6 is 15.9 Å². The molecule has 128 valence electrons. The molecule has 7 nitrogen and oxygen atoms in total. The van der Waals surface area contributed by atoms with Crippen LogP contribution in [-0.4, -0.2) is 25.4 Å². The number of fused-ring (bicyclic) bond motifs is 2. The number of aromatic nitrogens is 3. The number of nitrogens with zero attached hydrogens (tertiary/aromatic N) is 3. The molecule has 0 spiro atoms. The second kappa shape index (κ2) is 6.23. The van der Waals surface area contributed by atoms with Crippen LogP contribution in [0, 0.1) is 0 Å². The summed E-state index contributed by atoms with van der Waals surface area (Å²) < 4.78 is 1.85. The fraction of sp³-hybridized carbons (Fsp3) is 0. The smallest absolute Gasteiger partial charge is 0.337 e. The van der Waals surface area contributed by atoms with E-state index in [0.717, 1.165) is 0 Å². The monoisotopic (exact) mass is 410 g/mol. The molecular formula is C18H11BrN4O3. The molecule has 4 rings (SSSR count). The van der Waals surface area contributed by atoms with Gasteiger partial charge in [-0.3, -0.25) is 9.20 Å². The summed E-state index contributed by atoms with van der Waals surface area (Å²) in [5.74, 6) is -0.474. The lowest BCUT2D eigenvalue weighted by atomic mass is 10.2. The van der Waals surface area contributed by atoms with E-state index in [2.05, 4.69) is 31.2 Å². The van der Waals surface area contributed by atoms with E-state index in [-0.39, 0.29) is 16.9 Å². The van der Waals surface area contributed by atoms with Crippen molar-refractivity contribution in [2.45, 2.75) is 0 Å². The molecule has 8 heteroatoms. The van der Waals surface area contributed by atoms with E-state index in [4.69, 9.17) is 0 Å². The molecule has 2 aromatic heterocycles. The Morgan fingerprint density at radius 1 is 1.08 bits per heavy atom. The van der Waals surface area contributed by atoms with Crippen LogP contribution in [0.2, 0.25) is 0 Å². The summed E-state index contributed by atoms with van der Waals surface area (Å²) >= 11 is 3.37. The summed E-state index contributed by atoms with van der Waals surface area (Å²) in [7, 11) is 0. The number of carboxylic acids is 1. The first kappa shape index (κ1) is 16.2. The lowest BCUT2D eigenvalue weighted by molar-refractivity contribution is 0.0698. The second-order valence-corrected chi connectivity index (χ2v) is 6.37. The lowest BCUT2D eigenvalue weighted by Gasteiger charge is -2.11. The fourth-order valence-electron chi connectivity index (χ4n) is 2.65. The Labute approximate surface area is 155 Å². The van der Waals surface area contributed by atoms with E-state index < -0.39 is 5.97 Å². The molecule has 0 aliphatic rings.